The zero-order valence-corrected chi connectivity index (χ0v) is 20.4. The van der Waals surface area contributed by atoms with Crippen molar-refractivity contribution in [1.82, 2.24) is 18.9 Å². The molecule has 1 saturated carbocycles. The van der Waals surface area contributed by atoms with E-state index in [-0.39, 0.29) is 0 Å². The molecule has 0 aliphatic heterocycles. The minimum Gasteiger partial charge on any atom is -0.297 e. The van der Waals surface area contributed by atoms with Gasteiger partial charge in [-0.15, -0.1) is 0 Å². The van der Waals surface area contributed by atoms with E-state index in [9.17, 15) is 0 Å². The zero-order chi connectivity index (χ0) is 22.4. The number of halogens is 1. The molecule has 5 rings (SSSR count). The molecule has 5 heteroatoms. The molecule has 1 aliphatic carbocycles. The number of nitrogens with zero attached hydrogens (tertiary/aromatic N) is 4. The van der Waals surface area contributed by atoms with Crippen molar-refractivity contribution in [3.05, 3.63) is 63.9 Å². The molecule has 2 aromatic carbocycles. The number of para-hydroxylation sites is 2. The van der Waals surface area contributed by atoms with Crippen molar-refractivity contribution in [3.63, 3.8) is 0 Å². The molecule has 0 spiro atoms. The van der Waals surface area contributed by atoms with Gasteiger partial charge in [0.2, 0.25) is 5.78 Å². The summed E-state index contributed by atoms with van der Waals surface area (Å²) in [7, 11) is 0. The Balaban J connectivity index is 1.66. The van der Waals surface area contributed by atoms with E-state index < -0.39 is 0 Å². The Bertz CT molecular complexity index is 1260. The van der Waals surface area contributed by atoms with Gasteiger partial charge in [-0.2, -0.15) is 0 Å². The van der Waals surface area contributed by atoms with Crippen molar-refractivity contribution in [2.24, 2.45) is 5.92 Å². The fourth-order valence-corrected chi connectivity index (χ4v) is 5.69. The second kappa shape index (κ2) is 8.57. The Labute approximate surface area is 195 Å². The summed E-state index contributed by atoms with van der Waals surface area (Å²) in [6, 6.07) is 12.8. The average molecular weight is 449 g/mol. The standard InChI is InChI=1S/C27H33ClN4/c1-5-13-30(16-21-9-8-10-21)17-23-20(4)31-24-11-6-7-12-25(24)32(27(31)29-23)26-19(3)14-18(2)15-22(26)28/h6-7,11-12,14-15,21H,5,8-10,13,16-17H2,1-4H3. The Kier molecular flexibility index (Phi) is 5.77. The van der Waals surface area contributed by atoms with Gasteiger partial charge in [0, 0.05) is 18.8 Å². The molecule has 0 atom stereocenters. The lowest BCUT2D eigenvalue weighted by atomic mass is 9.85. The van der Waals surface area contributed by atoms with Crippen LogP contribution in [-0.4, -0.2) is 31.9 Å². The molecule has 168 valence electrons. The number of aromatic nitrogens is 3. The van der Waals surface area contributed by atoms with E-state index in [1.807, 2.05) is 6.07 Å². The number of benzene rings is 2. The zero-order valence-electron chi connectivity index (χ0n) is 19.7. The van der Waals surface area contributed by atoms with Crippen molar-refractivity contribution in [2.45, 2.75) is 59.9 Å². The molecular weight excluding hydrogens is 416 g/mol. The Morgan fingerprint density at radius 2 is 1.84 bits per heavy atom. The minimum atomic E-state index is 0.769. The second-order valence-electron chi connectivity index (χ2n) is 9.55. The van der Waals surface area contributed by atoms with Gasteiger partial charge < -0.3 is 0 Å². The molecular formula is C27H33ClN4. The average Bonchev–Trinajstić information content (AvgIpc) is 3.19. The molecule has 0 bridgehead atoms. The van der Waals surface area contributed by atoms with Crippen molar-refractivity contribution in [3.8, 4) is 5.69 Å². The first-order chi connectivity index (χ1) is 15.5. The summed E-state index contributed by atoms with van der Waals surface area (Å²) < 4.78 is 4.56. The van der Waals surface area contributed by atoms with Gasteiger partial charge in [-0.1, -0.05) is 43.1 Å². The predicted molar refractivity (Wildman–Crippen MR) is 134 cm³/mol. The molecule has 4 nitrogen and oxygen atoms in total. The Hall–Kier alpha value is -2.30. The number of rotatable bonds is 7. The van der Waals surface area contributed by atoms with Gasteiger partial charge >= 0.3 is 0 Å². The number of fused-ring (bicyclic) bond motifs is 3. The smallest absolute Gasteiger partial charge is 0.220 e. The van der Waals surface area contributed by atoms with Gasteiger partial charge in [0.05, 0.1) is 27.4 Å². The highest BCUT2D eigenvalue weighted by atomic mass is 35.5. The van der Waals surface area contributed by atoms with E-state index in [2.05, 4.69) is 71.9 Å². The molecule has 0 N–H and O–H groups in total. The van der Waals surface area contributed by atoms with Crippen LogP contribution in [0.1, 0.15) is 55.1 Å². The Morgan fingerprint density at radius 3 is 2.50 bits per heavy atom. The third-order valence-electron chi connectivity index (χ3n) is 7.03. The third-order valence-corrected chi connectivity index (χ3v) is 7.32. The van der Waals surface area contributed by atoms with Gasteiger partial charge in [-0.25, -0.2) is 4.98 Å². The van der Waals surface area contributed by atoms with Crippen LogP contribution in [0.25, 0.3) is 22.5 Å². The molecule has 0 unspecified atom stereocenters. The first-order valence-electron chi connectivity index (χ1n) is 11.9. The van der Waals surface area contributed by atoms with Crippen LogP contribution in [0.15, 0.2) is 36.4 Å². The molecule has 0 saturated heterocycles. The van der Waals surface area contributed by atoms with Crippen LogP contribution in [0.3, 0.4) is 0 Å². The molecule has 1 aliphatic rings. The van der Waals surface area contributed by atoms with Crippen LogP contribution >= 0.6 is 11.6 Å². The molecule has 2 heterocycles. The van der Waals surface area contributed by atoms with Crippen molar-refractivity contribution in [1.29, 1.82) is 0 Å². The first kappa shape index (κ1) is 21.5. The van der Waals surface area contributed by atoms with Gasteiger partial charge in [0.25, 0.3) is 0 Å². The van der Waals surface area contributed by atoms with Gasteiger partial charge in [-0.05, 0) is 81.8 Å². The number of aryl methyl sites for hydroxylation is 3. The summed E-state index contributed by atoms with van der Waals surface area (Å²) in [5.74, 6) is 1.82. The molecule has 1 fully saturated rings. The summed E-state index contributed by atoms with van der Waals surface area (Å²) in [6.07, 6.45) is 5.33. The lowest BCUT2D eigenvalue weighted by molar-refractivity contribution is 0.170. The monoisotopic (exact) mass is 448 g/mol. The maximum atomic E-state index is 6.81. The van der Waals surface area contributed by atoms with Crippen LogP contribution in [0.2, 0.25) is 5.02 Å². The largest absolute Gasteiger partial charge is 0.297 e. The van der Waals surface area contributed by atoms with Crippen molar-refractivity contribution in [2.75, 3.05) is 13.1 Å². The van der Waals surface area contributed by atoms with Gasteiger partial charge in [0.15, 0.2) is 0 Å². The number of hydrogen-bond acceptors (Lipinski definition) is 2. The number of hydrogen-bond donors (Lipinski definition) is 0. The predicted octanol–water partition coefficient (Wildman–Crippen LogP) is 6.87. The molecule has 2 aromatic heterocycles. The van der Waals surface area contributed by atoms with E-state index in [0.29, 0.717) is 0 Å². The van der Waals surface area contributed by atoms with Crippen LogP contribution in [0.5, 0.6) is 0 Å². The number of imidazole rings is 2. The first-order valence-corrected chi connectivity index (χ1v) is 12.3. The maximum Gasteiger partial charge on any atom is 0.220 e. The molecule has 0 radical (unpaired) electrons. The SMILES string of the molecule is CCCN(Cc1nc2n(-c3c(C)cc(C)cc3Cl)c3ccccc3n2c1C)CC1CCC1. The van der Waals surface area contributed by atoms with Crippen molar-refractivity contribution < 1.29 is 0 Å². The fourth-order valence-electron chi connectivity index (χ4n) is 5.28. The second-order valence-corrected chi connectivity index (χ2v) is 9.95. The minimum absolute atomic E-state index is 0.769. The summed E-state index contributed by atoms with van der Waals surface area (Å²) in [6.45, 7) is 11.9. The molecule has 0 amide bonds. The summed E-state index contributed by atoms with van der Waals surface area (Å²) in [4.78, 5) is 7.84. The lowest BCUT2D eigenvalue weighted by Crippen LogP contribution is -2.33. The van der Waals surface area contributed by atoms with Crippen molar-refractivity contribution >= 4 is 28.4 Å². The summed E-state index contributed by atoms with van der Waals surface area (Å²) in [5, 5.41) is 0.769. The maximum absolute atomic E-state index is 6.81. The van der Waals surface area contributed by atoms with Crippen LogP contribution < -0.4 is 0 Å². The highest BCUT2D eigenvalue weighted by molar-refractivity contribution is 6.32. The normalized spacial score (nSPS) is 14.7. The van der Waals surface area contributed by atoms with E-state index >= 15 is 0 Å². The van der Waals surface area contributed by atoms with Crippen LogP contribution in [0.4, 0.5) is 0 Å². The summed E-state index contributed by atoms with van der Waals surface area (Å²) >= 11 is 6.81. The van der Waals surface area contributed by atoms with E-state index in [4.69, 9.17) is 16.6 Å². The van der Waals surface area contributed by atoms with Crippen LogP contribution in [0, 0.1) is 26.7 Å². The Morgan fingerprint density at radius 1 is 1.09 bits per heavy atom. The fraction of sp³-hybridized carbons (Fsp3) is 0.444. The third kappa shape index (κ3) is 3.64. The molecule has 32 heavy (non-hydrogen) atoms. The molecule has 4 aromatic rings. The van der Waals surface area contributed by atoms with Gasteiger partial charge in [-0.3, -0.25) is 13.9 Å². The van der Waals surface area contributed by atoms with E-state index in [0.717, 1.165) is 46.6 Å². The highest BCUT2D eigenvalue weighted by Crippen LogP contribution is 2.34. The quantitative estimate of drug-likeness (QED) is 0.308. The van der Waals surface area contributed by atoms with Gasteiger partial charge in [0.1, 0.15) is 0 Å². The van der Waals surface area contributed by atoms with Crippen LogP contribution in [-0.2, 0) is 6.54 Å². The van der Waals surface area contributed by atoms with E-state index in [1.165, 1.54) is 54.7 Å². The van der Waals surface area contributed by atoms with E-state index in [1.54, 1.807) is 0 Å². The lowest BCUT2D eigenvalue weighted by Gasteiger charge is -2.32. The highest BCUT2D eigenvalue weighted by Gasteiger charge is 2.24. The topological polar surface area (TPSA) is 25.5 Å². The summed E-state index contributed by atoms with van der Waals surface area (Å²) in [5.41, 5.74) is 8.08.